The van der Waals surface area contributed by atoms with Crippen LogP contribution in [-0.4, -0.2) is 40.9 Å². The Morgan fingerprint density at radius 2 is 1.85 bits per heavy atom. The van der Waals surface area contributed by atoms with Crippen molar-refractivity contribution in [2.75, 3.05) is 13.1 Å². The zero-order valence-electron chi connectivity index (χ0n) is 14.9. The monoisotopic (exact) mass is 384 g/mol. The van der Waals surface area contributed by atoms with Crippen LogP contribution in [0.3, 0.4) is 0 Å². The summed E-state index contributed by atoms with van der Waals surface area (Å²) in [6.07, 6.45) is 4.91. The number of pyridine rings is 1. The summed E-state index contributed by atoms with van der Waals surface area (Å²) in [5.74, 6) is 0.860. The molecule has 1 aromatic carbocycles. The fourth-order valence-electron chi connectivity index (χ4n) is 3.24. The molecule has 3 heterocycles. The predicted molar refractivity (Wildman–Crippen MR) is 99.4 cm³/mol. The maximum atomic E-state index is 13.0. The minimum Gasteiger partial charge on any atom is -0.339 e. The van der Waals surface area contributed by atoms with Gasteiger partial charge in [-0.2, -0.15) is 9.29 Å². The molecule has 7 nitrogen and oxygen atoms in total. The van der Waals surface area contributed by atoms with Gasteiger partial charge in [-0.3, -0.25) is 4.98 Å². The van der Waals surface area contributed by atoms with Crippen molar-refractivity contribution >= 4 is 10.0 Å². The van der Waals surface area contributed by atoms with Crippen molar-refractivity contribution in [2.24, 2.45) is 0 Å². The van der Waals surface area contributed by atoms with Crippen LogP contribution in [0, 0.1) is 6.92 Å². The second-order valence-corrected chi connectivity index (χ2v) is 8.65. The summed E-state index contributed by atoms with van der Waals surface area (Å²) in [5, 5.41) is 4.03. The summed E-state index contributed by atoms with van der Waals surface area (Å²) in [7, 11) is -3.53. The lowest BCUT2D eigenvalue weighted by atomic mass is 10.00. The number of aromatic nitrogens is 3. The van der Waals surface area contributed by atoms with E-state index in [4.69, 9.17) is 4.52 Å². The highest BCUT2D eigenvalue weighted by molar-refractivity contribution is 7.89. The van der Waals surface area contributed by atoms with E-state index in [9.17, 15) is 8.42 Å². The van der Waals surface area contributed by atoms with E-state index in [1.54, 1.807) is 24.5 Å². The first-order valence-corrected chi connectivity index (χ1v) is 10.3. The van der Waals surface area contributed by atoms with E-state index in [1.165, 1.54) is 4.31 Å². The van der Waals surface area contributed by atoms with E-state index in [-0.39, 0.29) is 5.92 Å². The number of benzene rings is 1. The van der Waals surface area contributed by atoms with Crippen LogP contribution in [-0.2, 0) is 10.0 Å². The van der Waals surface area contributed by atoms with Gasteiger partial charge in [-0.25, -0.2) is 8.42 Å². The number of rotatable bonds is 4. The third kappa shape index (κ3) is 3.63. The van der Waals surface area contributed by atoms with E-state index in [0.29, 0.717) is 29.7 Å². The molecule has 1 unspecified atom stereocenters. The van der Waals surface area contributed by atoms with Gasteiger partial charge in [0.2, 0.25) is 21.7 Å². The van der Waals surface area contributed by atoms with E-state index in [2.05, 4.69) is 15.1 Å². The first-order valence-electron chi connectivity index (χ1n) is 8.85. The van der Waals surface area contributed by atoms with Gasteiger partial charge in [-0.05, 0) is 44.0 Å². The van der Waals surface area contributed by atoms with E-state index in [0.717, 1.165) is 24.0 Å². The minimum absolute atomic E-state index is 0.109. The molecule has 0 spiro atoms. The Hall–Kier alpha value is -2.58. The van der Waals surface area contributed by atoms with Crippen molar-refractivity contribution in [2.45, 2.75) is 30.6 Å². The molecule has 0 amide bonds. The number of sulfonamides is 1. The normalized spacial score (nSPS) is 18.5. The molecule has 1 fully saturated rings. The second kappa shape index (κ2) is 7.21. The van der Waals surface area contributed by atoms with Gasteiger partial charge >= 0.3 is 0 Å². The van der Waals surface area contributed by atoms with Crippen molar-refractivity contribution in [1.82, 2.24) is 19.4 Å². The van der Waals surface area contributed by atoms with Crippen LogP contribution in [0.4, 0.5) is 0 Å². The largest absolute Gasteiger partial charge is 0.339 e. The highest BCUT2D eigenvalue weighted by Crippen LogP contribution is 2.30. The minimum atomic E-state index is -3.53. The first-order chi connectivity index (χ1) is 13.0. The lowest BCUT2D eigenvalue weighted by molar-refractivity contribution is 0.265. The highest BCUT2D eigenvalue weighted by atomic mass is 32.2. The number of nitrogens with zero attached hydrogens (tertiary/aromatic N) is 4. The standard InChI is InChI=1S/C19H20N4O3S/c1-14-4-6-17(7-5-14)27(24,25)23-12-2-3-16(13-23)19-21-18(22-26-19)15-8-10-20-11-9-15/h4-11,16H,2-3,12-13H2,1H3. The molecule has 0 N–H and O–H groups in total. The topological polar surface area (TPSA) is 89.2 Å². The van der Waals surface area contributed by atoms with Gasteiger partial charge in [0.1, 0.15) is 0 Å². The lowest BCUT2D eigenvalue weighted by Gasteiger charge is -2.30. The van der Waals surface area contributed by atoms with Crippen molar-refractivity contribution in [3.8, 4) is 11.4 Å². The van der Waals surface area contributed by atoms with E-state index >= 15 is 0 Å². The SMILES string of the molecule is Cc1ccc(S(=O)(=O)N2CCCC(c3nc(-c4ccncc4)no3)C2)cc1. The number of aryl methyl sites for hydroxylation is 1. The third-order valence-electron chi connectivity index (χ3n) is 4.77. The van der Waals surface area contributed by atoms with Crippen LogP contribution in [0.2, 0.25) is 0 Å². The number of piperidine rings is 1. The van der Waals surface area contributed by atoms with E-state index < -0.39 is 10.0 Å². The van der Waals surface area contributed by atoms with E-state index in [1.807, 2.05) is 31.2 Å². The van der Waals surface area contributed by atoms with Gasteiger partial charge in [0.15, 0.2) is 0 Å². The molecule has 2 aromatic heterocycles. The Morgan fingerprint density at radius 3 is 2.59 bits per heavy atom. The molecule has 4 rings (SSSR count). The second-order valence-electron chi connectivity index (χ2n) is 6.71. The molecule has 3 aromatic rings. The molecular weight excluding hydrogens is 364 g/mol. The average molecular weight is 384 g/mol. The summed E-state index contributed by atoms with van der Waals surface area (Å²) in [6.45, 7) is 2.77. The molecule has 0 radical (unpaired) electrons. The van der Waals surface area contributed by atoms with Crippen LogP contribution in [0.1, 0.15) is 30.2 Å². The average Bonchev–Trinajstić information content (AvgIpc) is 3.19. The Labute approximate surface area is 158 Å². The van der Waals surface area contributed by atoms with Gasteiger partial charge in [0, 0.05) is 31.0 Å². The van der Waals surface area contributed by atoms with Crippen molar-refractivity contribution in [3.05, 3.63) is 60.2 Å². The smallest absolute Gasteiger partial charge is 0.243 e. The van der Waals surface area contributed by atoms with Crippen LogP contribution in [0.25, 0.3) is 11.4 Å². The molecule has 0 bridgehead atoms. The third-order valence-corrected chi connectivity index (χ3v) is 6.65. The van der Waals surface area contributed by atoms with Crippen LogP contribution in [0.5, 0.6) is 0 Å². The molecule has 1 aliphatic rings. The quantitative estimate of drug-likeness (QED) is 0.687. The van der Waals surface area contributed by atoms with Crippen LogP contribution >= 0.6 is 0 Å². The molecule has 8 heteroatoms. The Morgan fingerprint density at radius 1 is 1.11 bits per heavy atom. The highest BCUT2D eigenvalue weighted by Gasteiger charge is 2.33. The molecule has 140 valence electrons. The van der Waals surface area contributed by atoms with Crippen molar-refractivity contribution in [1.29, 1.82) is 0 Å². The number of hydrogen-bond acceptors (Lipinski definition) is 6. The molecule has 1 saturated heterocycles. The van der Waals surface area contributed by atoms with Gasteiger partial charge in [0.05, 0.1) is 10.8 Å². The maximum absolute atomic E-state index is 13.0. The Kier molecular flexibility index (Phi) is 4.75. The molecule has 1 atom stereocenters. The Bertz CT molecular complexity index is 1020. The van der Waals surface area contributed by atoms with Gasteiger partial charge in [0.25, 0.3) is 0 Å². The predicted octanol–water partition coefficient (Wildman–Crippen LogP) is 3.01. The molecule has 0 aliphatic carbocycles. The molecule has 1 aliphatic heterocycles. The van der Waals surface area contributed by atoms with Crippen molar-refractivity contribution < 1.29 is 12.9 Å². The molecule has 27 heavy (non-hydrogen) atoms. The maximum Gasteiger partial charge on any atom is 0.243 e. The van der Waals surface area contributed by atoms with Crippen molar-refractivity contribution in [3.63, 3.8) is 0 Å². The first kappa shape index (κ1) is 17.8. The van der Waals surface area contributed by atoms with Gasteiger partial charge < -0.3 is 4.52 Å². The summed E-state index contributed by atoms with van der Waals surface area (Å²) >= 11 is 0. The fourth-order valence-corrected chi connectivity index (χ4v) is 4.76. The summed E-state index contributed by atoms with van der Waals surface area (Å²) in [5.41, 5.74) is 1.85. The van der Waals surface area contributed by atoms with Crippen LogP contribution < -0.4 is 0 Å². The summed E-state index contributed by atoms with van der Waals surface area (Å²) in [6, 6.07) is 10.6. The summed E-state index contributed by atoms with van der Waals surface area (Å²) in [4.78, 5) is 8.77. The number of hydrogen-bond donors (Lipinski definition) is 0. The summed E-state index contributed by atoms with van der Waals surface area (Å²) < 4.78 is 32.9. The Balaban J connectivity index is 1.55. The molecule has 0 saturated carbocycles. The zero-order valence-corrected chi connectivity index (χ0v) is 15.8. The van der Waals surface area contributed by atoms with Gasteiger partial charge in [-0.15, -0.1) is 0 Å². The van der Waals surface area contributed by atoms with Gasteiger partial charge in [-0.1, -0.05) is 22.9 Å². The zero-order chi connectivity index (χ0) is 18.9. The lowest BCUT2D eigenvalue weighted by Crippen LogP contribution is -2.39. The van der Waals surface area contributed by atoms with Crippen LogP contribution in [0.15, 0.2) is 58.2 Å². The fraction of sp³-hybridized carbons (Fsp3) is 0.316. The molecular formula is C19H20N4O3S.